The third-order valence-electron chi connectivity index (χ3n) is 4.24. The summed E-state index contributed by atoms with van der Waals surface area (Å²) < 4.78 is 13.8. The molecule has 1 aromatic carbocycles. The lowest BCUT2D eigenvalue weighted by atomic mass is 9.92. The van der Waals surface area contributed by atoms with Crippen molar-refractivity contribution in [3.8, 4) is 0 Å². The van der Waals surface area contributed by atoms with E-state index in [1.54, 1.807) is 13.0 Å². The molecule has 0 spiro atoms. The van der Waals surface area contributed by atoms with Gasteiger partial charge >= 0.3 is 0 Å². The van der Waals surface area contributed by atoms with Crippen LogP contribution < -0.4 is 16.4 Å². The maximum atomic E-state index is 13.8. The molecule has 1 amide bonds. The molecule has 0 unspecified atom stereocenters. The van der Waals surface area contributed by atoms with Gasteiger partial charge in [0, 0.05) is 31.2 Å². The number of halogens is 1. The van der Waals surface area contributed by atoms with Crippen LogP contribution in [0.1, 0.15) is 43.4 Å². The lowest BCUT2D eigenvalue weighted by Crippen LogP contribution is -2.36. The molecule has 1 aromatic rings. The number of amides is 1. The standard InChI is InChI=1S/C16H24FN3O/c1-10-7-15(13(11(2)18)9-14(10)17)20-5-3-12(4-6-20)8-16(19)21/h7,9,11-12H,3-6,8,18H2,1-2H3,(H2,19,21)/t11-/m1/s1. The van der Waals surface area contributed by atoms with Gasteiger partial charge in [-0.1, -0.05) is 0 Å². The monoisotopic (exact) mass is 293 g/mol. The highest BCUT2D eigenvalue weighted by atomic mass is 19.1. The van der Waals surface area contributed by atoms with E-state index in [0.29, 0.717) is 17.9 Å². The van der Waals surface area contributed by atoms with Crippen molar-refractivity contribution in [2.24, 2.45) is 17.4 Å². The summed E-state index contributed by atoms with van der Waals surface area (Å²) in [6, 6.07) is 3.21. The number of benzene rings is 1. The van der Waals surface area contributed by atoms with E-state index in [2.05, 4.69) is 4.90 Å². The number of carbonyl (C=O) groups is 1. The molecule has 2 rings (SSSR count). The summed E-state index contributed by atoms with van der Waals surface area (Å²) >= 11 is 0. The van der Waals surface area contributed by atoms with Crippen LogP contribution in [0.5, 0.6) is 0 Å². The van der Waals surface area contributed by atoms with Crippen LogP contribution in [0.15, 0.2) is 12.1 Å². The third-order valence-corrected chi connectivity index (χ3v) is 4.24. The molecule has 0 saturated carbocycles. The SMILES string of the molecule is Cc1cc(N2CCC(CC(N)=O)CC2)c([C@@H](C)N)cc1F. The molecule has 0 aliphatic carbocycles. The summed E-state index contributed by atoms with van der Waals surface area (Å²) in [6.45, 7) is 5.34. The first-order valence-electron chi connectivity index (χ1n) is 7.47. The van der Waals surface area contributed by atoms with Gasteiger partial charge < -0.3 is 16.4 Å². The molecule has 1 saturated heterocycles. The molecule has 116 valence electrons. The number of hydrogen-bond donors (Lipinski definition) is 2. The normalized spacial score (nSPS) is 17.8. The first-order chi connectivity index (χ1) is 9.88. The Morgan fingerprint density at radius 3 is 2.57 bits per heavy atom. The van der Waals surface area contributed by atoms with E-state index >= 15 is 0 Å². The van der Waals surface area contributed by atoms with E-state index < -0.39 is 0 Å². The van der Waals surface area contributed by atoms with Crippen molar-refractivity contribution in [1.29, 1.82) is 0 Å². The average molecular weight is 293 g/mol. The van der Waals surface area contributed by atoms with Gasteiger partial charge in [0.1, 0.15) is 5.82 Å². The summed E-state index contributed by atoms with van der Waals surface area (Å²) in [4.78, 5) is 13.2. The van der Waals surface area contributed by atoms with Gasteiger partial charge in [-0.3, -0.25) is 4.79 Å². The number of nitrogens with zero attached hydrogens (tertiary/aromatic N) is 1. The number of carbonyl (C=O) groups excluding carboxylic acids is 1. The molecule has 0 bridgehead atoms. The second kappa shape index (κ2) is 6.43. The second-order valence-corrected chi connectivity index (χ2v) is 6.05. The predicted octanol–water partition coefficient (Wildman–Crippen LogP) is 2.25. The van der Waals surface area contributed by atoms with Gasteiger partial charge in [0.25, 0.3) is 0 Å². The van der Waals surface area contributed by atoms with E-state index in [9.17, 15) is 9.18 Å². The van der Waals surface area contributed by atoms with Gasteiger partial charge in [-0.15, -0.1) is 0 Å². The van der Waals surface area contributed by atoms with Crippen LogP contribution in [-0.2, 0) is 4.79 Å². The number of hydrogen-bond acceptors (Lipinski definition) is 3. The zero-order valence-electron chi connectivity index (χ0n) is 12.7. The number of piperidine rings is 1. The summed E-state index contributed by atoms with van der Waals surface area (Å²) in [7, 11) is 0. The minimum Gasteiger partial charge on any atom is -0.371 e. The Morgan fingerprint density at radius 1 is 1.43 bits per heavy atom. The van der Waals surface area contributed by atoms with Crippen molar-refractivity contribution in [2.45, 2.75) is 39.2 Å². The number of primary amides is 1. The van der Waals surface area contributed by atoms with Gasteiger partial charge in [0.2, 0.25) is 5.91 Å². The average Bonchev–Trinajstić information content (AvgIpc) is 2.41. The lowest BCUT2D eigenvalue weighted by Gasteiger charge is -2.35. The molecule has 1 aliphatic heterocycles. The van der Waals surface area contributed by atoms with Crippen molar-refractivity contribution in [3.63, 3.8) is 0 Å². The molecular formula is C16H24FN3O. The van der Waals surface area contributed by atoms with Gasteiger partial charge in [-0.05, 0) is 55.9 Å². The van der Waals surface area contributed by atoms with Gasteiger partial charge in [-0.2, -0.15) is 0 Å². The van der Waals surface area contributed by atoms with Crippen LogP contribution in [-0.4, -0.2) is 19.0 Å². The van der Waals surface area contributed by atoms with E-state index in [0.717, 1.165) is 37.2 Å². The summed E-state index contributed by atoms with van der Waals surface area (Å²) in [5.74, 6) is -0.0870. The molecule has 1 atom stereocenters. The maximum Gasteiger partial charge on any atom is 0.217 e. The van der Waals surface area contributed by atoms with Crippen molar-refractivity contribution >= 4 is 11.6 Å². The van der Waals surface area contributed by atoms with E-state index in [4.69, 9.17) is 11.5 Å². The number of rotatable bonds is 4. The molecule has 1 heterocycles. The zero-order chi connectivity index (χ0) is 15.6. The van der Waals surface area contributed by atoms with Crippen LogP contribution in [0.2, 0.25) is 0 Å². The third kappa shape index (κ3) is 3.73. The quantitative estimate of drug-likeness (QED) is 0.894. The fourth-order valence-electron chi connectivity index (χ4n) is 2.98. The Bertz CT molecular complexity index is 522. The fourth-order valence-corrected chi connectivity index (χ4v) is 2.98. The smallest absolute Gasteiger partial charge is 0.217 e. The van der Waals surface area contributed by atoms with Crippen LogP contribution in [0.4, 0.5) is 10.1 Å². The highest BCUT2D eigenvalue weighted by Gasteiger charge is 2.23. The highest BCUT2D eigenvalue weighted by Crippen LogP contribution is 2.32. The summed E-state index contributed by atoms with van der Waals surface area (Å²) in [5.41, 5.74) is 13.7. The number of nitrogens with two attached hydrogens (primary N) is 2. The largest absolute Gasteiger partial charge is 0.371 e. The van der Waals surface area contributed by atoms with E-state index in [1.807, 2.05) is 13.0 Å². The topological polar surface area (TPSA) is 72.3 Å². The Labute approximate surface area is 125 Å². The Kier molecular flexibility index (Phi) is 4.83. The minimum atomic E-state index is -0.234. The zero-order valence-corrected chi connectivity index (χ0v) is 12.7. The van der Waals surface area contributed by atoms with Crippen molar-refractivity contribution < 1.29 is 9.18 Å². The molecule has 5 heteroatoms. The first-order valence-corrected chi connectivity index (χ1v) is 7.47. The summed E-state index contributed by atoms with van der Waals surface area (Å²) in [6.07, 6.45) is 2.31. The highest BCUT2D eigenvalue weighted by molar-refractivity contribution is 5.74. The van der Waals surface area contributed by atoms with E-state index in [1.165, 1.54) is 0 Å². The molecule has 0 aromatic heterocycles. The van der Waals surface area contributed by atoms with Crippen molar-refractivity contribution in [1.82, 2.24) is 0 Å². The molecule has 4 N–H and O–H groups in total. The van der Waals surface area contributed by atoms with Crippen LogP contribution in [0, 0.1) is 18.7 Å². The van der Waals surface area contributed by atoms with Crippen LogP contribution >= 0.6 is 0 Å². The van der Waals surface area contributed by atoms with E-state index in [-0.39, 0.29) is 17.8 Å². The minimum absolute atomic E-state index is 0.210. The van der Waals surface area contributed by atoms with Crippen molar-refractivity contribution in [3.05, 3.63) is 29.1 Å². The molecular weight excluding hydrogens is 269 g/mol. The molecule has 1 aliphatic rings. The Morgan fingerprint density at radius 2 is 2.05 bits per heavy atom. The first kappa shape index (κ1) is 15.8. The Balaban J connectivity index is 2.16. The van der Waals surface area contributed by atoms with Crippen LogP contribution in [0.3, 0.4) is 0 Å². The molecule has 1 fully saturated rings. The fraction of sp³-hybridized carbons (Fsp3) is 0.562. The maximum absolute atomic E-state index is 13.8. The molecule has 0 radical (unpaired) electrons. The summed E-state index contributed by atoms with van der Waals surface area (Å²) in [5, 5.41) is 0. The van der Waals surface area contributed by atoms with Gasteiger partial charge in [0.05, 0.1) is 0 Å². The number of anilines is 1. The second-order valence-electron chi connectivity index (χ2n) is 6.05. The van der Waals surface area contributed by atoms with Gasteiger partial charge in [0.15, 0.2) is 0 Å². The molecule has 4 nitrogen and oxygen atoms in total. The number of aryl methyl sites for hydroxylation is 1. The predicted molar refractivity (Wildman–Crippen MR) is 82.5 cm³/mol. The van der Waals surface area contributed by atoms with Crippen molar-refractivity contribution in [2.75, 3.05) is 18.0 Å². The van der Waals surface area contributed by atoms with Gasteiger partial charge in [-0.25, -0.2) is 4.39 Å². The molecule has 21 heavy (non-hydrogen) atoms. The Hall–Kier alpha value is -1.62. The van der Waals surface area contributed by atoms with Crippen LogP contribution in [0.25, 0.3) is 0 Å². The lowest BCUT2D eigenvalue weighted by molar-refractivity contribution is -0.119.